The molecule has 21 heavy (non-hydrogen) atoms. The zero-order chi connectivity index (χ0) is 15.6. The molecule has 4 unspecified atom stereocenters. The number of rotatable bonds is 1. The molecular formula is C17H26O4. The van der Waals surface area contributed by atoms with E-state index in [2.05, 4.69) is 0 Å². The maximum atomic E-state index is 12.4. The number of ether oxygens (including phenoxy) is 1. The molecule has 118 valence electrons. The maximum Gasteiger partial charge on any atom is 0.168 e. The number of aliphatic hydroxyl groups is 2. The quantitative estimate of drug-likeness (QED) is 0.778. The van der Waals surface area contributed by atoms with Crippen LogP contribution in [-0.4, -0.2) is 33.3 Å². The lowest BCUT2D eigenvalue weighted by molar-refractivity contribution is -0.127. The fourth-order valence-electron chi connectivity index (χ4n) is 4.35. The zero-order valence-electron chi connectivity index (χ0n) is 13.3. The van der Waals surface area contributed by atoms with Gasteiger partial charge in [-0.3, -0.25) is 4.79 Å². The topological polar surface area (TPSA) is 66.8 Å². The molecule has 1 aliphatic heterocycles. The Morgan fingerprint density at radius 2 is 1.95 bits per heavy atom. The van der Waals surface area contributed by atoms with Gasteiger partial charge in [-0.2, -0.15) is 0 Å². The Balaban J connectivity index is 1.88. The van der Waals surface area contributed by atoms with Gasteiger partial charge in [0.05, 0.1) is 23.7 Å². The Hall–Kier alpha value is -0.870. The second kappa shape index (κ2) is 4.56. The first-order chi connectivity index (χ1) is 9.58. The first kappa shape index (κ1) is 15.0. The van der Waals surface area contributed by atoms with Gasteiger partial charge in [0, 0.05) is 6.42 Å². The number of Topliss-reactive ketones (excluding diaryl/α,β-unsaturated/α-hetero) is 1. The van der Waals surface area contributed by atoms with Crippen molar-refractivity contribution >= 4 is 5.78 Å². The predicted octanol–water partition coefficient (Wildman–Crippen LogP) is 2.19. The molecule has 1 fully saturated rings. The second-order valence-electron chi connectivity index (χ2n) is 8.19. The van der Waals surface area contributed by atoms with Crippen LogP contribution in [0.1, 0.15) is 53.4 Å². The van der Waals surface area contributed by atoms with E-state index in [9.17, 15) is 15.0 Å². The summed E-state index contributed by atoms with van der Waals surface area (Å²) in [4.78, 5) is 12.4. The standard InChI is InChI=1S/C17H26O4/c1-16(2)8-12(18)14-13(21-16)6-9-5-10(17(3,4)20)7-11(9)15(14)19/h9-11,15,19-20H,5-8H2,1-4H3. The molecule has 1 heterocycles. The van der Waals surface area contributed by atoms with Gasteiger partial charge in [-0.05, 0) is 58.3 Å². The van der Waals surface area contributed by atoms with Gasteiger partial charge < -0.3 is 14.9 Å². The molecule has 3 aliphatic rings. The highest BCUT2D eigenvalue weighted by Gasteiger charge is 2.51. The monoisotopic (exact) mass is 294 g/mol. The smallest absolute Gasteiger partial charge is 0.168 e. The molecule has 2 aliphatic carbocycles. The third kappa shape index (κ3) is 2.53. The lowest BCUT2D eigenvalue weighted by Crippen LogP contribution is -2.43. The van der Waals surface area contributed by atoms with E-state index in [1.165, 1.54) is 0 Å². The number of aliphatic hydroxyl groups excluding tert-OH is 1. The molecule has 4 heteroatoms. The highest BCUT2D eigenvalue weighted by Crippen LogP contribution is 2.52. The van der Waals surface area contributed by atoms with Crippen LogP contribution in [0.3, 0.4) is 0 Å². The molecule has 0 aromatic heterocycles. The van der Waals surface area contributed by atoms with E-state index in [0.29, 0.717) is 23.7 Å². The van der Waals surface area contributed by atoms with Crippen LogP contribution in [0.5, 0.6) is 0 Å². The van der Waals surface area contributed by atoms with Gasteiger partial charge >= 0.3 is 0 Å². The van der Waals surface area contributed by atoms with E-state index in [1.807, 2.05) is 27.7 Å². The van der Waals surface area contributed by atoms with E-state index >= 15 is 0 Å². The normalized spacial score (nSPS) is 38.9. The third-order valence-electron chi connectivity index (χ3n) is 5.48. The van der Waals surface area contributed by atoms with E-state index in [-0.39, 0.29) is 17.6 Å². The molecule has 1 saturated carbocycles. The summed E-state index contributed by atoms with van der Waals surface area (Å²) in [5.74, 6) is 1.28. The van der Waals surface area contributed by atoms with Crippen molar-refractivity contribution in [1.82, 2.24) is 0 Å². The van der Waals surface area contributed by atoms with Crippen molar-refractivity contribution in [2.45, 2.75) is 70.7 Å². The summed E-state index contributed by atoms with van der Waals surface area (Å²) < 4.78 is 5.98. The molecule has 0 aromatic carbocycles. The lowest BCUT2D eigenvalue weighted by Gasteiger charge is -2.41. The average molecular weight is 294 g/mol. The van der Waals surface area contributed by atoms with E-state index in [4.69, 9.17) is 4.74 Å². The molecule has 3 rings (SSSR count). The minimum atomic E-state index is -0.734. The molecule has 0 spiro atoms. The van der Waals surface area contributed by atoms with E-state index < -0.39 is 17.3 Å². The summed E-state index contributed by atoms with van der Waals surface area (Å²) in [6.45, 7) is 7.50. The minimum absolute atomic E-state index is 0.0268. The van der Waals surface area contributed by atoms with Gasteiger partial charge in [0.15, 0.2) is 5.78 Å². The van der Waals surface area contributed by atoms with E-state index in [0.717, 1.165) is 19.3 Å². The number of hydrogen-bond acceptors (Lipinski definition) is 4. The SMILES string of the molecule is CC1(C)CC(=O)C2=C(CC3CC(C(C)(C)O)CC3C2O)O1. The van der Waals surface area contributed by atoms with Crippen molar-refractivity contribution in [3.8, 4) is 0 Å². The van der Waals surface area contributed by atoms with Crippen molar-refractivity contribution < 1.29 is 19.7 Å². The summed E-state index contributed by atoms with van der Waals surface area (Å²) in [6, 6.07) is 0. The van der Waals surface area contributed by atoms with Gasteiger partial charge in [0.1, 0.15) is 11.4 Å². The largest absolute Gasteiger partial charge is 0.491 e. The molecule has 0 saturated heterocycles. The number of carbonyl (C=O) groups excluding carboxylic acids is 1. The molecule has 0 amide bonds. The Bertz CT molecular complexity index is 497. The maximum absolute atomic E-state index is 12.4. The molecule has 0 bridgehead atoms. The van der Waals surface area contributed by atoms with Crippen LogP contribution in [0, 0.1) is 17.8 Å². The highest BCUT2D eigenvalue weighted by molar-refractivity contribution is 5.98. The molecular weight excluding hydrogens is 268 g/mol. The van der Waals surface area contributed by atoms with Crippen LogP contribution in [0.2, 0.25) is 0 Å². The average Bonchev–Trinajstić information content (AvgIpc) is 2.70. The number of allylic oxidation sites excluding steroid dienone is 1. The summed E-state index contributed by atoms with van der Waals surface area (Å²) in [5.41, 5.74) is -0.703. The number of fused-ring (bicyclic) bond motifs is 1. The Morgan fingerprint density at radius 1 is 1.29 bits per heavy atom. The Labute approximate surface area is 126 Å². The fraction of sp³-hybridized carbons (Fsp3) is 0.824. The Kier molecular flexibility index (Phi) is 3.27. The van der Waals surface area contributed by atoms with Gasteiger partial charge in [-0.1, -0.05) is 0 Å². The fourth-order valence-corrected chi connectivity index (χ4v) is 4.35. The van der Waals surface area contributed by atoms with Crippen molar-refractivity contribution in [2.24, 2.45) is 17.8 Å². The zero-order valence-corrected chi connectivity index (χ0v) is 13.3. The van der Waals surface area contributed by atoms with Crippen LogP contribution in [0.25, 0.3) is 0 Å². The van der Waals surface area contributed by atoms with Gasteiger partial charge in [-0.25, -0.2) is 0 Å². The van der Waals surface area contributed by atoms with Crippen molar-refractivity contribution in [3.05, 3.63) is 11.3 Å². The summed E-state index contributed by atoms with van der Waals surface area (Å²) in [6.07, 6.45) is 1.99. The molecule has 4 nitrogen and oxygen atoms in total. The first-order valence-corrected chi connectivity index (χ1v) is 7.94. The van der Waals surface area contributed by atoms with Crippen molar-refractivity contribution in [2.75, 3.05) is 0 Å². The minimum Gasteiger partial charge on any atom is -0.491 e. The molecule has 0 radical (unpaired) electrons. The van der Waals surface area contributed by atoms with Crippen LogP contribution >= 0.6 is 0 Å². The molecule has 0 aromatic rings. The van der Waals surface area contributed by atoms with Crippen LogP contribution in [-0.2, 0) is 9.53 Å². The lowest BCUT2D eigenvalue weighted by atomic mass is 9.75. The third-order valence-corrected chi connectivity index (χ3v) is 5.48. The second-order valence-corrected chi connectivity index (χ2v) is 8.19. The highest BCUT2D eigenvalue weighted by atomic mass is 16.5. The van der Waals surface area contributed by atoms with Gasteiger partial charge in [-0.15, -0.1) is 0 Å². The predicted molar refractivity (Wildman–Crippen MR) is 78.4 cm³/mol. The van der Waals surface area contributed by atoms with Crippen molar-refractivity contribution in [3.63, 3.8) is 0 Å². The number of ketones is 1. The van der Waals surface area contributed by atoms with Crippen LogP contribution in [0.4, 0.5) is 0 Å². The molecule has 2 N–H and O–H groups in total. The Morgan fingerprint density at radius 3 is 2.57 bits per heavy atom. The first-order valence-electron chi connectivity index (χ1n) is 7.94. The summed E-state index contributed by atoms with van der Waals surface area (Å²) >= 11 is 0. The van der Waals surface area contributed by atoms with Gasteiger partial charge in [0.2, 0.25) is 0 Å². The summed E-state index contributed by atoms with van der Waals surface area (Å²) in [5, 5.41) is 20.9. The number of hydrogen-bond donors (Lipinski definition) is 2. The molecule has 4 atom stereocenters. The summed E-state index contributed by atoms with van der Waals surface area (Å²) in [7, 11) is 0. The van der Waals surface area contributed by atoms with E-state index in [1.54, 1.807) is 0 Å². The van der Waals surface area contributed by atoms with Crippen LogP contribution < -0.4 is 0 Å². The number of carbonyl (C=O) groups is 1. The van der Waals surface area contributed by atoms with Gasteiger partial charge in [0.25, 0.3) is 0 Å². The van der Waals surface area contributed by atoms with Crippen LogP contribution in [0.15, 0.2) is 11.3 Å². The van der Waals surface area contributed by atoms with Crippen molar-refractivity contribution in [1.29, 1.82) is 0 Å².